The first-order valence-corrected chi connectivity index (χ1v) is 11.0. The van der Waals surface area contributed by atoms with E-state index in [4.69, 9.17) is 21.8 Å². The first-order valence-electron chi connectivity index (χ1n) is 8.83. The number of hydrogen-bond acceptors (Lipinski definition) is 5. The van der Waals surface area contributed by atoms with Crippen LogP contribution in [0.25, 0.3) is 15.9 Å². The lowest BCUT2D eigenvalue weighted by molar-refractivity contribution is 0.509. The van der Waals surface area contributed by atoms with Crippen molar-refractivity contribution in [3.05, 3.63) is 49.6 Å². The summed E-state index contributed by atoms with van der Waals surface area (Å²) in [4.78, 5) is 20.4. The molecule has 1 aliphatic carbocycles. The second kappa shape index (κ2) is 7.31. The largest absolute Gasteiger partial charge is 0.268 e. The molecule has 0 N–H and O–H groups in total. The molecule has 0 radical (unpaired) electrons. The number of thiophene rings is 1. The van der Waals surface area contributed by atoms with E-state index in [0.29, 0.717) is 21.8 Å². The van der Waals surface area contributed by atoms with E-state index in [9.17, 15) is 4.79 Å². The molecular formula is C20H18ClN3OS2. The highest BCUT2D eigenvalue weighted by molar-refractivity contribution is 7.99. The molecule has 2 heterocycles. The fraction of sp³-hybridized carbons (Fsp3) is 0.350. The van der Waals surface area contributed by atoms with Crippen LogP contribution in [0.4, 0.5) is 0 Å². The molecule has 3 aromatic rings. The van der Waals surface area contributed by atoms with Gasteiger partial charge >= 0.3 is 0 Å². The first-order chi connectivity index (χ1) is 13.0. The molecule has 0 saturated carbocycles. The van der Waals surface area contributed by atoms with Gasteiger partial charge in [-0.15, -0.1) is 11.3 Å². The molecule has 2 aromatic heterocycles. The lowest BCUT2D eigenvalue weighted by Gasteiger charge is -2.18. The van der Waals surface area contributed by atoms with Gasteiger partial charge in [0, 0.05) is 9.90 Å². The van der Waals surface area contributed by atoms with Crippen molar-refractivity contribution in [2.24, 2.45) is 5.92 Å². The van der Waals surface area contributed by atoms with Crippen molar-refractivity contribution in [2.45, 2.75) is 38.3 Å². The van der Waals surface area contributed by atoms with Crippen LogP contribution in [0, 0.1) is 24.2 Å². The van der Waals surface area contributed by atoms with E-state index in [1.54, 1.807) is 22.0 Å². The van der Waals surface area contributed by atoms with E-state index < -0.39 is 0 Å². The number of hydrogen-bond donors (Lipinski definition) is 0. The maximum absolute atomic E-state index is 13.5. The lowest BCUT2D eigenvalue weighted by atomic mass is 9.89. The third-order valence-corrected chi connectivity index (χ3v) is 7.34. The third-order valence-electron chi connectivity index (χ3n) is 4.98. The van der Waals surface area contributed by atoms with Crippen LogP contribution in [0.5, 0.6) is 0 Å². The van der Waals surface area contributed by atoms with Crippen LogP contribution in [0.1, 0.15) is 29.3 Å². The summed E-state index contributed by atoms with van der Waals surface area (Å²) in [5, 5.41) is 10.9. The number of thioether (sulfide) groups is 1. The van der Waals surface area contributed by atoms with Crippen LogP contribution in [-0.2, 0) is 12.8 Å². The van der Waals surface area contributed by atoms with E-state index >= 15 is 0 Å². The summed E-state index contributed by atoms with van der Waals surface area (Å²) < 4.78 is 1.61. The highest BCUT2D eigenvalue weighted by Gasteiger charge is 2.25. The van der Waals surface area contributed by atoms with Crippen LogP contribution < -0.4 is 5.56 Å². The number of halogens is 1. The molecule has 0 bridgehead atoms. The Balaban J connectivity index is 2.00. The molecule has 0 aliphatic heterocycles. The number of fused-ring (bicyclic) bond motifs is 3. The Hall–Kier alpha value is -1.81. The maximum Gasteiger partial charge on any atom is 0.267 e. The van der Waals surface area contributed by atoms with Gasteiger partial charge in [-0.3, -0.25) is 9.36 Å². The van der Waals surface area contributed by atoms with Crippen molar-refractivity contribution in [3.63, 3.8) is 0 Å². The number of benzene rings is 1. The van der Waals surface area contributed by atoms with Crippen molar-refractivity contribution >= 4 is 44.9 Å². The molecular weight excluding hydrogens is 398 g/mol. The number of nitrogens with zero attached hydrogens (tertiary/aromatic N) is 3. The molecule has 4 rings (SSSR count). The Bertz CT molecular complexity index is 1140. The normalized spacial score (nSPS) is 16.3. The molecule has 0 amide bonds. The summed E-state index contributed by atoms with van der Waals surface area (Å²) in [5.74, 6) is 0.871. The topological polar surface area (TPSA) is 58.7 Å². The highest BCUT2D eigenvalue weighted by atomic mass is 35.5. The smallest absolute Gasteiger partial charge is 0.267 e. The fourth-order valence-electron chi connectivity index (χ4n) is 3.51. The third kappa shape index (κ3) is 3.29. The summed E-state index contributed by atoms with van der Waals surface area (Å²) in [6.45, 7) is 4.18. The van der Waals surface area contributed by atoms with E-state index in [1.165, 1.54) is 16.6 Å². The summed E-state index contributed by atoms with van der Waals surface area (Å²) in [7, 11) is 0. The van der Waals surface area contributed by atoms with Crippen molar-refractivity contribution in [3.8, 4) is 11.8 Å². The minimum atomic E-state index is -0.0626. The van der Waals surface area contributed by atoms with Gasteiger partial charge in [-0.2, -0.15) is 5.26 Å². The molecule has 1 aliphatic rings. The van der Waals surface area contributed by atoms with Crippen molar-refractivity contribution in [1.82, 2.24) is 9.55 Å². The number of rotatable bonds is 3. The number of nitriles is 1. The molecule has 1 unspecified atom stereocenters. The van der Waals surface area contributed by atoms with Crippen molar-refractivity contribution in [2.75, 3.05) is 5.75 Å². The second-order valence-corrected chi connectivity index (χ2v) is 9.38. The SMILES string of the molecule is Cc1ccc(-n2c(SCC#N)nc3sc4c(c3c2=O)CCC(C)C4)cc1Cl. The Kier molecular flexibility index (Phi) is 5.02. The van der Waals surface area contributed by atoms with Gasteiger partial charge < -0.3 is 0 Å². The van der Waals surface area contributed by atoms with Gasteiger partial charge in [-0.25, -0.2) is 4.98 Å². The van der Waals surface area contributed by atoms with Crippen LogP contribution in [0.3, 0.4) is 0 Å². The Morgan fingerprint density at radius 2 is 2.30 bits per heavy atom. The Labute approximate surface area is 170 Å². The predicted molar refractivity (Wildman–Crippen MR) is 112 cm³/mol. The maximum atomic E-state index is 13.5. The molecule has 1 aromatic carbocycles. The van der Waals surface area contributed by atoms with Gasteiger partial charge in [-0.05, 0) is 55.4 Å². The zero-order chi connectivity index (χ0) is 19.1. The zero-order valence-corrected chi connectivity index (χ0v) is 17.5. The van der Waals surface area contributed by atoms with Crippen LogP contribution in [0.15, 0.2) is 28.2 Å². The van der Waals surface area contributed by atoms with Crippen LogP contribution in [-0.4, -0.2) is 15.3 Å². The monoisotopic (exact) mass is 415 g/mol. The van der Waals surface area contributed by atoms with Gasteiger partial charge in [0.1, 0.15) is 4.83 Å². The van der Waals surface area contributed by atoms with Gasteiger partial charge in [0.05, 0.1) is 22.9 Å². The van der Waals surface area contributed by atoms with Gasteiger partial charge in [0.15, 0.2) is 5.16 Å². The standard InChI is InChI=1S/C20H18ClN3OS2/c1-11-3-6-14-16(9-11)27-18-17(14)19(25)24(20(23-18)26-8-7-22)13-5-4-12(2)15(21)10-13/h4-5,10-11H,3,6,8-9H2,1-2H3. The summed E-state index contributed by atoms with van der Waals surface area (Å²) >= 11 is 9.22. The number of aromatic nitrogens is 2. The van der Waals surface area contributed by atoms with Crippen molar-refractivity contribution < 1.29 is 0 Å². The quantitative estimate of drug-likeness (QED) is 0.438. The van der Waals surface area contributed by atoms with E-state index in [2.05, 4.69) is 13.0 Å². The van der Waals surface area contributed by atoms with Gasteiger partial charge in [-0.1, -0.05) is 36.4 Å². The average Bonchev–Trinajstić information content (AvgIpc) is 3.00. The zero-order valence-electron chi connectivity index (χ0n) is 15.1. The van der Waals surface area contributed by atoms with Crippen molar-refractivity contribution in [1.29, 1.82) is 5.26 Å². The summed E-state index contributed by atoms with van der Waals surface area (Å²) in [5.41, 5.74) is 2.74. The molecule has 0 fully saturated rings. The summed E-state index contributed by atoms with van der Waals surface area (Å²) in [6, 6.07) is 7.70. The van der Waals surface area contributed by atoms with Gasteiger partial charge in [0.2, 0.25) is 0 Å². The minimum absolute atomic E-state index is 0.0626. The predicted octanol–water partition coefficient (Wildman–Crippen LogP) is 5.15. The lowest BCUT2D eigenvalue weighted by Crippen LogP contribution is -2.22. The fourth-order valence-corrected chi connectivity index (χ4v) is 5.79. The molecule has 1 atom stereocenters. The second-order valence-electron chi connectivity index (χ2n) is 6.95. The Morgan fingerprint density at radius 1 is 1.48 bits per heavy atom. The Morgan fingerprint density at radius 3 is 3.04 bits per heavy atom. The molecule has 0 spiro atoms. The first kappa shape index (κ1) is 18.5. The molecule has 27 heavy (non-hydrogen) atoms. The highest BCUT2D eigenvalue weighted by Crippen LogP contribution is 2.37. The number of aryl methyl sites for hydroxylation is 2. The van der Waals surface area contributed by atoms with Gasteiger partial charge in [0.25, 0.3) is 5.56 Å². The molecule has 7 heteroatoms. The molecule has 138 valence electrons. The summed E-state index contributed by atoms with van der Waals surface area (Å²) in [6.07, 6.45) is 3.03. The minimum Gasteiger partial charge on any atom is -0.268 e. The van der Waals surface area contributed by atoms with Crippen LogP contribution in [0.2, 0.25) is 5.02 Å². The van der Waals surface area contributed by atoms with E-state index in [-0.39, 0.29) is 11.3 Å². The van der Waals surface area contributed by atoms with Crippen LogP contribution >= 0.6 is 34.7 Å². The van der Waals surface area contributed by atoms with E-state index in [1.807, 2.05) is 19.1 Å². The molecule has 0 saturated heterocycles. The average molecular weight is 416 g/mol. The van der Waals surface area contributed by atoms with E-state index in [0.717, 1.165) is 40.6 Å². The molecule has 4 nitrogen and oxygen atoms in total.